The molecule has 2 aromatic carbocycles. The van der Waals surface area contributed by atoms with Crippen molar-refractivity contribution in [1.29, 1.82) is 0 Å². The average molecular weight is 366 g/mol. The summed E-state index contributed by atoms with van der Waals surface area (Å²) in [5.41, 5.74) is 1.52. The molecule has 4 nitrogen and oxygen atoms in total. The highest BCUT2D eigenvalue weighted by atomic mass is 35.5. The van der Waals surface area contributed by atoms with Crippen LogP contribution in [0.25, 0.3) is 0 Å². The summed E-state index contributed by atoms with van der Waals surface area (Å²) in [6, 6.07) is 11.3. The van der Waals surface area contributed by atoms with E-state index in [1.54, 1.807) is 48.3 Å². The minimum Gasteiger partial charge on any atom is -0.465 e. The Kier molecular flexibility index (Phi) is 5.86. The molecule has 0 aliphatic rings. The number of esters is 1. The number of carbonyl (C=O) groups excluding carboxylic acids is 2. The Morgan fingerprint density at radius 1 is 1.08 bits per heavy atom. The molecule has 0 saturated carbocycles. The highest BCUT2D eigenvalue weighted by molar-refractivity contribution is 6.35. The van der Waals surface area contributed by atoms with Crippen molar-refractivity contribution in [2.24, 2.45) is 0 Å². The van der Waals surface area contributed by atoms with E-state index in [1.807, 2.05) is 6.92 Å². The second-order valence-corrected chi connectivity index (χ2v) is 6.17. The number of carbonyl (C=O) groups is 2. The van der Waals surface area contributed by atoms with Gasteiger partial charge in [-0.3, -0.25) is 4.79 Å². The van der Waals surface area contributed by atoms with Gasteiger partial charge in [-0.05, 0) is 42.8 Å². The van der Waals surface area contributed by atoms with Crippen LogP contribution in [0.15, 0.2) is 42.5 Å². The molecular weight excluding hydrogens is 349 g/mol. The monoisotopic (exact) mass is 365 g/mol. The second-order valence-electron chi connectivity index (χ2n) is 5.33. The first kappa shape index (κ1) is 18.3. The lowest BCUT2D eigenvalue weighted by molar-refractivity contribution is 0.0600. The molecule has 0 spiro atoms. The number of ether oxygens (including phenoxy) is 1. The molecule has 2 aromatic rings. The Morgan fingerprint density at radius 2 is 1.75 bits per heavy atom. The molecule has 0 N–H and O–H groups in total. The van der Waals surface area contributed by atoms with Crippen LogP contribution in [0.3, 0.4) is 0 Å². The predicted octanol–water partition coefficient (Wildman–Crippen LogP) is 4.61. The fourth-order valence-electron chi connectivity index (χ4n) is 2.33. The van der Waals surface area contributed by atoms with Crippen molar-refractivity contribution in [2.75, 3.05) is 14.2 Å². The van der Waals surface area contributed by atoms with Crippen LogP contribution >= 0.6 is 23.2 Å². The van der Waals surface area contributed by atoms with Crippen molar-refractivity contribution in [3.8, 4) is 0 Å². The molecule has 6 heteroatoms. The van der Waals surface area contributed by atoms with E-state index in [-0.39, 0.29) is 11.9 Å². The lowest BCUT2D eigenvalue weighted by atomic mass is 10.1. The first-order chi connectivity index (χ1) is 11.3. The number of amides is 1. The van der Waals surface area contributed by atoms with Crippen LogP contribution in [0, 0.1) is 0 Å². The molecule has 1 atom stereocenters. The first-order valence-electron chi connectivity index (χ1n) is 7.25. The molecule has 0 aliphatic carbocycles. The lowest BCUT2D eigenvalue weighted by Gasteiger charge is -2.26. The molecule has 0 radical (unpaired) electrons. The Labute approximate surface area is 150 Å². The van der Waals surface area contributed by atoms with Crippen LogP contribution in [-0.2, 0) is 4.74 Å². The van der Waals surface area contributed by atoms with Crippen molar-refractivity contribution < 1.29 is 14.3 Å². The second kappa shape index (κ2) is 7.69. The molecule has 0 unspecified atom stereocenters. The predicted molar refractivity (Wildman–Crippen MR) is 94.8 cm³/mol. The Balaban J connectivity index is 2.27. The molecule has 126 valence electrons. The highest BCUT2D eigenvalue weighted by Gasteiger charge is 2.21. The fourth-order valence-corrected chi connectivity index (χ4v) is 2.89. The lowest BCUT2D eigenvalue weighted by Crippen LogP contribution is -2.30. The van der Waals surface area contributed by atoms with E-state index in [2.05, 4.69) is 4.74 Å². The zero-order valence-corrected chi connectivity index (χ0v) is 15.1. The van der Waals surface area contributed by atoms with Crippen molar-refractivity contribution in [2.45, 2.75) is 13.0 Å². The Bertz CT molecular complexity index is 777. The third-order valence-corrected chi connectivity index (χ3v) is 4.41. The van der Waals surface area contributed by atoms with Crippen LogP contribution in [0.5, 0.6) is 0 Å². The van der Waals surface area contributed by atoms with Crippen LogP contribution < -0.4 is 0 Å². The zero-order valence-electron chi connectivity index (χ0n) is 13.5. The molecule has 0 saturated heterocycles. The van der Waals surface area contributed by atoms with Crippen molar-refractivity contribution >= 4 is 35.1 Å². The number of hydrogen-bond acceptors (Lipinski definition) is 3. The summed E-state index contributed by atoms with van der Waals surface area (Å²) in [5.74, 6) is -0.708. The highest BCUT2D eigenvalue weighted by Crippen LogP contribution is 2.29. The van der Waals surface area contributed by atoms with Crippen LogP contribution in [-0.4, -0.2) is 30.9 Å². The van der Waals surface area contributed by atoms with Gasteiger partial charge in [0, 0.05) is 22.7 Å². The molecular formula is C18H17Cl2NO3. The summed E-state index contributed by atoms with van der Waals surface area (Å²) >= 11 is 12.1. The molecule has 0 fully saturated rings. The van der Waals surface area contributed by atoms with Crippen LogP contribution in [0.4, 0.5) is 0 Å². The van der Waals surface area contributed by atoms with E-state index in [0.29, 0.717) is 21.2 Å². The average Bonchev–Trinajstić information content (AvgIpc) is 2.59. The SMILES string of the molecule is COC(=O)c1cccc(C(=O)N(C)[C@@H](C)c2ccc(Cl)cc2Cl)c1. The maximum Gasteiger partial charge on any atom is 0.337 e. The van der Waals surface area contributed by atoms with Gasteiger partial charge in [-0.15, -0.1) is 0 Å². The van der Waals surface area contributed by atoms with Gasteiger partial charge >= 0.3 is 5.97 Å². The third-order valence-electron chi connectivity index (χ3n) is 3.84. The number of methoxy groups -OCH3 is 1. The largest absolute Gasteiger partial charge is 0.465 e. The van der Waals surface area contributed by atoms with Gasteiger partial charge in [0.1, 0.15) is 0 Å². The normalized spacial score (nSPS) is 11.7. The molecule has 0 bridgehead atoms. The van der Waals surface area contributed by atoms with E-state index in [4.69, 9.17) is 23.2 Å². The van der Waals surface area contributed by atoms with E-state index in [0.717, 1.165) is 5.56 Å². The number of rotatable bonds is 4. The minimum atomic E-state index is -0.485. The maximum atomic E-state index is 12.7. The van der Waals surface area contributed by atoms with Crippen molar-refractivity contribution in [3.05, 3.63) is 69.2 Å². The fraction of sp³-hybridized carbons (Fsp3) is 0.222. The summed E-state index contributed by atoms with van der Waals surface area (Å²) in [7, 11) is 2.98. The van der Waals surface area contributed by atoms with E-state index in [1.165, 1.54) is 13.2 Å². The zero-order chi connectivity index (χ0) is 17.9. The van der Waals surface area contributed by atoms with Gasteiger partial charge in [0.15, 0.2) is 0 Å². The van der Waals surface area contributed by atoms with Crippen LogP contribution in [0.2, 0.25) is 10.0 Å². The topological polar surface area (TPSA) is 46.6 Å². The molecule has 24 heavy (non-hydrogen) atoms. The minimum absolute atomic E-state index is 0.223. The van der Waals surface area contributed by atoms with Gasteiger partial charge < -0.3 is 9.64 Å². The van der Waals surface area contributed by atoms with E-state index >= 15 is 0 Å². The van der Waals surface area contributed by atoms with E-state index < -0.39 is 5.97 Å². The molecule has 0 heterocycles. The van der Waals surface area contributed by atoms with Gasteiger partial charge in [-0.1, -0.05) is 35.3 Å². The maximum absolute atomic E-state index is 12.7. The molecule has 2 rings (SSSR count). The summed E-state index contributed by atoms with van der Waals surface area (Å²) in [4.78, 5) is 25.9. The smallest absolute Gasteiger partial charge is 0.337 e. The van der Waals surface area contributed by atoms with E-state index in [9.17, 15) is 9.59 Å². The number of nitrogens with zero attached hydrogens (tertiary/aromatic N) is 1. The van der Waals surface area contributed by atoms with Gasteiger partial charge in [0.25, 0.3) is 5.91 Å². The van der Waals surface area contributed by atoms with Crippen molar-refractivity contribution in [3.63, 3.8) is 0 Å². The summed E-state index contributed by atoms with van der Waals surface area (Å²) in [5, 5.41) is 1.04. The standard InChI is InChI=1S/C18H17Cl2NO3/c1-11(15-8-7-14(19)10-16(15)20)21(2)17(22)12-5-4-6-13(9-12)18(23)24-3/h4-11H,1-3H3/t11-/m0/s1. The number of benzene rings is 2. The van der Waals surface area contributed by atoms with Gasteiger partial charge in [-0.2, -0.15) is 0 Å². The van der Waals surface area contributed by atoms with Crippen molar-refractivity contribution in [1.82, 2.24) is 4.90 Å². The van der Waals surface area contributed by atoms with Gasteiger partial charge in [0.2, 0.25) is 0 Å². The van der Waals surface area contributed by atoms with Gasteiger partial charge in [0.05, 0.1) is 18.7 Å². The number of hydrogen-bond donors (Lipinski definition) is 0. The van der Waals surface area contributed by atoms with Gasteiger partial charge in [-0.25, -0.2) is 4.79 Å². The summed E-state index contributed by atoms with van der Waals surface area (Å²) < 4.78 is 4.68. The number of halogens is 2. The molecule has 0 aromatic heterocycles. The quantitative estimate of drug-likeness (QED) is 0.743. The summed E-state index contributed by atoms with van der Waals surface area (Å²) in [6.45, 7) is 1.87. The molecule has 0 aliphatic heterocycles. The first-order valence-corrected chi connectivity index (χ1v) is 8.01. The Hall–Kier alpha value is -2.04. The van der Waals surface area contributed by atoms with Crippen LogP contribution in [0.1, 0.15) is 39.2 Å². The summed E-state index contributed by atoms with van der Waals surface area (Å²) in [6.07, 6.45) is 0. The Morgan fingerprint density at radius 3 is 2.38 bits per heavy atom. The third kappa shape index (κ3) is 3.89. The molecule has 1 amide bonds.